The lowest BCUT2D eigenvalue weighted by Crippen LogP contribution is -2.07. The number of ether oxygens (including phenoxy) is 1. The topological polar surface area (TPSA) is 83.8 Å². The first-order valence-electron chi connectivity index (χ1n) is 4.63. The van der Waals surface area contributed by atoms with Crippen LogP contribution in [0.5, 0.6) is 5.75 Å². The standard InChI is InChI=1S/C11H12O5/c1-16-11-7(5-9(12)13)3-2-4-8(11)6-10(14)15/h2-4H,5-6H2,1H3,(H,12,13)(H,14,15). The minimum atomic E-state index is -0.981. The van der Waals surface area contributed by atoms with E-state index in [1.807, 2.05) is 0 Å². The molecule has 2 N–H and O–H groups in total. The molecular weight excluding hydrogens is 212 g/mol. The summed E-state index contributed by atoms with van der Waals surface area (Å²) in [6.07, 6.45) is -0.368. The molecule has 0 aliphatic heterocycles. The van der Waals surface area contributed by atoms with Gasteiger partial charge in [0.2, 0.25) is 0 Å². The number of para-hydroxylation sites is 1. The zero-order valence-electron chi connectivity index (χ0n) is 8.77. The van der Waals surface area contributed by atoms with Crippen LogP contribution >= 0.6 is 0 Å². The normalized spacial score (nSPS) is 9.81. The maximum absolute atomic E-state index is 10.6. The largest absolute Gasteiger partial charge is 0.496 e. The first kappa shape index (κ1) is 12.0. The summed E-state index contributed by atoms with van der Waals surface area (Å²) in [5.41, 5.74) is 0.961. The van der Waals surface area contributed by atoms with Gasteiger partial charge in [-0.25, -0.2) is 0 Å². The Bertz CT molecular complexity index is 377. The smallest absolute Gasteiger partial charge is 0.307 e. The van der Waals surface area contributed by atoms with Crippen LogP contribution in [-0.4, -0.2) is 29.3 Å². The molecule has 0 heterocycles. The third-order valence-electron chi connectivity index (χ3n) is 2.07. The van der Waals surface area contributed by atoms with Crippen LogP contribution in [-0.2, 0) is 22.4 Å². The molecule has 0 fully saturated rings. The summed E-state index contributed by atoms with van der Waals surface area (Å²) >= 11 is 0. The molecule has 5 nitrogen and oxygen atoms in total. The molecule has 0 atom stereocenters. The number of carbonyl (C=O) groups is 2. The van der Waals surface area contributed by atoms with Gasteiger partial charge in [-0.2, -0.15) is 0 Å². The molecule has 0 aromatic heterocycles. The van der Waals surface area contributed by atoms with Crippen molar-refractivity contribution in [1.29, 1.82) is 0 Å². The summed E-state index contributed by atoms with van der Waals surface area (Å²) in [4.78, 5) is 21.2. The van der Waals surface area contributed by atoms with Gasteiger partial charge < -0.3 is 14.9 Å². The lowest BCUT2D eigenvalue weighted by molar-refractivity contribution is -0.137. The van der Waals surface area contributed by atoms with Crippen molar-refractivity contribution in [1.82, 2.24) is 0 Å². The van der Waals surface area contributed by atoms with Gasteiger partial charge in [-0.05, 0) is 0 Å². The van der Waals surface area contributed by atoms with E-state index in [0.29, 0.717) is 16.9 Å². The molecule has 86 valence electrons. The maximum Gasteiger partial charge on any atom is 0.307 e. The van der Waals surface area contributed by atoms with E-state index in [4.69, 9.17) is 14.9 Å². The molecule has 0 radical (unpaired) electrons. The van der Waals surface area contributed by atoms with E-state index in [2.05, 4.69) is 0 Å². The fourth-order valence-electron chi connectivity index (χ4n) is 1.50. The molecule has 1 aromatic rings. The quantitative estimate of drug-likeness (QED) is 0.777. The number of aliphatic carboxylic acids is 2. The van der Waals surface area contributed by atoms with Crippen molar-refractivity contribution in [3.05, 3.63) is 29.3 Å². The van der Waals surface area contributed by atoms with Crippen LogP contribution in [0.4, 0.5) is 0 Å². The second-order valence-electron chi connectivity index (χ2n) is 3.25. The van der Waals surface area contributed by atoms with Crippen molar-refractivity contribution < 1.29 is 24.5 Å². The van der Waals surface area contributed by atoms with Crippen molar-refractivity contribution in [3.8, 4) is 5.75 Å². The zero-order valence-corrected chi connectivity index (χ0v) is 8.77. The van der Waals surface area contributed by atoms with Crippen molar-refractivity contribution in [2.45, 2.75) is 12.8 Å². The SMILES string of the molecule is COc1c(CC(=O)O)cccc1CC(=O)O. The van der Waals surface area contributed by atoms with Gasteiger partial charge in [-0.3, -0.25) is 9.59 Å². The number of rotatable bonds is 5. The van der Waals surface area contributed by atoms with Gasteiger partial charge in [-0.1, -0.05) is 18.2 Å². The first-order valence-corrected chi connectivity index (χ1v) is 4.63. The molecule has 0 aliphatic rings. The van der Waals surface area contributed by atoms with Crippen LogP contribution in [0.3, 0.4) is 0 Å². The van der Waals surface area contributed by atoms with E-state index in [-0.39, 0.29) is 12.8 Å². The number of hydrogen-bond donors (Lipinski definition) is 2. The van der Waals surface area contributed by atoms with Gasteiger partial charge in [0.25, 0.3) is 0 Å². The Morgan fingerprint density at radius 2 is 1.56 bits per heavy atom. The summed E-state index contributed by atoms with van der Waals surface area (Å²) in [5, 5.41) is 17.4. The fourth-order valence-corrected chi connectivity index (χ4v) is 1.50. The number of carboxylic acid groups (broad SMARTS) is 2. The van der Waals surface area contributed by atoms with Crippen LogP contribution in [0, 0.1) is 0 Å². The van der Waals surface area contributed by atoms with Crippen LogP contribution < -0.4 is 4.74 Å². The van der Waals surface area contributed by atoms with E-state index in [0.717, 1.165) is 0 Å². The zero-order chi connectivity index (χ0) is 12.1. The number of carboxylic acids is 2. The monoisotopic (exact) mass is 224 g/mol. The second kappa shape index (κ2) is 5.16. The van der Waals surface area contributed by atoms with E-state index >= 15 is 0 Å². The summed E-state index contributed by atoms with van der Waals surface area (Å²) in [6.45, 7) is 0. The van der Waals surface area contributed by atoms with Crippen molar-refractivity contribution >= 4 is 11.9 Å². The van der Waals surface area contributed by atoms with E-state index in [9.17, 15) is 9.59 Å². The highest BCUT2D eigenvalue weighted by molar-refractivity contribution is 5.74. The Labute approximate surface area is 92.3 Å². The number of benzene rings is 1. The predicted octanol–water partition coefficient (Wildman–Crippen LogP) is 0.949. The Morgan fingerprint density at radius 1 is 1.12 bits per heavy atom. The van der Waals surface area contributed by atoms with Gasteiger partial charge in [0.1, 0.15) is 5.75 Å². The molecular formula is C11H12O5. The molecule has 0 saturated carbocycles. The summed E-state index contributed by atoms with van der Waals surface area (Å²) in [5.74, 6) is -1.62. The summed E-state index contributed by atoms with van der Waals surface area (Å²) < 4.78 is 5.05. The third-order valence-corrected chi connectivity index (χ3v) is 2.07. The van der Waals surface area contributed by atoms with Crippen molar-refractivity contribution in [2.75, 3.05) is 7.11 Å². The van der Waals surface area contributed by atoms with Gasteiger partial charge >= 0.3 is 11.9 Å². The Hall–Kier alpha value is -2.04. The molecule has 0 bridgehead atoms. The highest BCUT2D eigenvalue weighted by Crippen LogP contribution is 2.24. The molecule has 0 spiro atoms. The molecule has 0 saturated heterocycles. The molecule has 5 heteroatoms. The van der Waals surface area contributed by atoms with Crippen molar-refractivity contribution in [2.24, 2.45) is 0 Å². The Morgan fingerprint density at radius 3 is 1.88 bits per heavy atom. The lowest BCUT2D eigenvalue weighted by Gasteiger charge is -2.10. The average Bonchev–Trinajstić information content (AvgIpc) is 2.16. The Kier molecular flexibility index (Phi) is 3.88. The average molecular weight is 224 g/mol. The molecule has 0 unspecified atom stereocenters. The Balaban J connectivity index is 3.09. The van der Waals surface area contributed by atoms with Crippen LogP contribution in [0.15, 0.2) is 18.2 Å². The molecule has 0 amide bonds. The number of hydrogen-bond acceptors (Lipinski definition) is 3. The molecule has 0 aliphatic carbocycles. The van der Waals surface area contributed by atoms with Crippen LogP contribution in [0.25, 0.3) is 0 Å². The van der Waals surface area contributed by atoms with Crippen LogP contribution in [0.1, 0.15) is 11.1 Å². The highest BCUT2D eigenvalue weighted by atomic mass is 16.5. The molecule has 1 rings (SSSR count). The van der Waals surface area contributed by atoms with Gasteiger partial charge in [0.15, 0.2) is 0 Å². The van der Waals surface area contributed by atoms with E-state index < -0.39 is 11.9 Å². The minimum absolute atomic E-state index is 0.184. The van der Waals surface area contributed by atoms with Gasteiger partial charge in [-0.15, -0.1) is 0 Å². The highest BCUT2D eigenvalue weighted by Gasteiger charge is 2.13. The van der Waals surface area contributed by atoms with Gasteiger partial charge in [0.05, 0.1) is 20.0 Å². The molecule has 1 aromatic carbocycles. The lowest BCUT2D eigenvalue weighted by atomic mass is 10.0. The fraction of sp³-hybridized carbons (Fsp3) is 0.273. The first-order chi connectivity index (χ1) is 7.54. The number of methoxy groups -OCH3 is 1. The van der Waals surface area contributed by atoms with E-state index in [1.54, 1.807) is 18.2 Å². The maximum atomic E-state index is 10.6. The third kappa shape index (κ3) is 2.98. The predicted molar refractivity (Wildman–Crippen MR) is 55.7 cm³/mol. The van der Waals surface area contributed by atoms with Gasteiger partial charge in [0, 0.05) is 11.1 Å². The second-order valence-corrected chi connectivity index (χ2v) is 3.25. The summed E-state index contributed by atoms with van der Waals surface area (Å²) in [6, 6.07) is 4.84. The van der Waals surface area contributed by atoms with Crippen LogP contribution in [0.2, 0.25) is 0 Å². The summed E-state index contributed by atoms with van der Waals surface area (Å²) in [7, 11) is 1.39. The minimum Gasteiger partial charge on any atom is -0.496 e. The molecule has 16 heavy (non-hydrogen) atoms. The van der Waals surface area contributed by atoms with E-state index in [1.165, 1.54) is 7.11 Å². The van der Waals surface area contributed by atoms with Crippen molar-refractivity contribution in [3.63, 3.8) is 0 Å².